The highest BCUT2D eigenvalue weighted by Crippen LogP contribution is 2.26. The van der Waals surface area contributed by atoms with Crippen LogP contribution in [-0.4, -0.2) is 63.7 Å². The molecule has 6 nitrogen and oxygen atoms in total. The first-order valence-electron chi connectivity index (χ1n) is 10.6. The summed E-state index contributed by atoms with van der Waals surface area (Å²) in [6, 6.07) is 10.6. The predicted molar refractivity (Wildman–Crippen MR) is 116 cm³/mol. The highest BCUT2D eigenvalue weighted by molar-refractivity contribution is 6.28. The number of halogens is 1. The molecule has 0 spiro atoms. The molecule has 0 amide bonds. The number of rotatable bonds is 7. The Morgan fingerprint density at radius 2 is 1.86 bits per heavy atom. The number of likely N-dealkylation sites (tertiary alicyclic amines) is 1. The third-order valence-corrected chi connectivity index (χ3v) is 6.03. The van der Waals surface area contributed by atoms with Gasteiger partial charge >= 0.3 is 0 Å². The molecule has 156 valence electrons. The maximum absolute atomic E-state index is 9.63. The Hall–Kier alpha value is -1.73. The molecule has 1 saturated heterocycles. The average molecular weight is 416 g/mol. The van der Waals surface area contributed by atoms with Crippen molar-refractivity contribution in [3.05, 3.63) is 52.4 Å². The van der Waals surface area contributed by atoms with Crippen molar-refractivity contribution in [2.45, 2.75) is 44.9 Å². The summed E-state index contributed by atoms with van der Waals surface area (Å²) in [4.78, 5) is 13.8. The maximum atomic E-state index is 9.63. The monoisotopic (exact) mass is 415 g/mol. The molecular weight excluding hydrogens is 386 g/mol. The van der Waals surface area contributed by atoms with Crippen molar-refractivity contribution >= 4 is 17.4 Å². The molecule has 0 radical (unpaired) electrons. The Bertz CT molecular complexity index is 795. The molecule has 0 atom stereocenters. The Morgan fingerprint density at radius 3 is 2.66 bits per heavy atom. The fourth-order valence-corrected chi connectivity index (χ4v) is 4.40. The lowest BCUT2D eigenvalue weighted by Gasteiger charge is -2.30. The highest BCUT2D eigenvalue weighted by Gasteiger charge is 2.22. The first-order valence-corrected chi connectivity index (χ1v) is 11.0. The molecule has 1 aromatic heterocycles. The summed E-state index contributed by atoms with van der Waals surface area (Å²) in [7, 11) is 0. The van der Waals surface area contributed by atoms with Crippen molar-refractivity contribution in [3.63, 3.8) is 0 Å². The van der Waals surface area contributed by atoms with Crippen LogP contribution in [-0.2, 0) is 19.5 Å². The second-order valence-electron chi connectivity index (χ2n) is 8.07. The van der Waals surface area contributed by atoms with Gasteiger partial charge in [0.05, 0.1) is 11.8 Å². The van der Waals surface area contributed by atoms with E-state index in [1.54, 1.807) is 0 Å². The van der Waals surface area contributed by atoms with Crippen LogP contribution >= 0.6 is 11.6 Å². The minimum atomic E-state index is -0.113. The van der Waals surface area contributed by atoms with Gasteiger partial charge in [0.1, 0.15) is 5.82 Å². The number of hydrogen-bond donors (Lipinski definition) is 2. The van der Waals surface area contributed by atoms with Crippen LogP contribution in [0.15, 0.2) is 30.3 Å². The van der Waals surface area contributed by atoms with E-state index in [2.05, 4.69) is 55.4 Å². The van der Waals surface area contributed by atoms with Gasteiger partial charge in [-0.25, -0.2) is 9.97 Å². The van der Waals surface area contributed by atoms with Gasteiger partial charge in [-0.1, -0.05) is 30.3 Å². The number of nitrogens with zero attached hydrogens (tertiary/aromatic N) is 4. The predicted octanol–water partition coefficient (Wildman–Crippen LogP) is 2.95. The first-order chi connectivity index (χ1) is 14.2. The molecule has 2 N–H and O–H groups in total. The fraction of sp³-hybridized carbons (Fsp3) is 0.545. The number of aliphatic hydroxyl groups excluding tert-OH is 1. The number of nitrogens with one attached hydrogen (secondary N) is 1. The lowest BCUT2D eigenvalue weighted by atomic mass is 10.0. The van der Waals surface area contributed by atoms with Crippen molar-refractivity contribution in [3.8, 4) is 0 Å². The molecule has 1 aromatic carbocycles. The second kappa shape index (κ2) is 9.85. The van der Waals surface area contributed by atoms with E-state index in [9.17, 15) is 5.11 Å². The third kappa shape index (κ3) is 5.66. The third-order valence-electron chi connectivity index (χ3n) is 5.86. The van der Waals surface area contributed by atoms with Crippen LogP contribution in [0.4, 0.5) is 5.82 Å². The van der Waals surface area contributed by atoms with Gasteiger partial charge in [-0.15, -0.1) is 0 Å². The quantitative estimate of drug-likeness (QED) is 0.535. The zero-order valence-electron chi connectivity index (χ0n) is 16.9. The summed E-state index contributed by atoms with van der Waals surface area (Å²) in [5.41, 5.74) is 3.58. The summed E-state index contributed by atoms with van der Waals surface area (Å²) < 4.78 is 0. The molecule has 0 aliphatic carbocycles. The van der Waals surface area contributed by atoms with E-state index in [1.165, 1.54) is 11.1 Å². The van der Waals surface area contributed by atoms with Gasteiger partial charge in [0.2, 0.25) is 5.28 Å². The van der Waals surface area contributed by atoms with Crippen molar-refractivity contribution in [2.75, 3.05) is 38.0 Å². The maximum Gasteiger partial charge on any atom is 0.224 e. The average Bonchev–Trinajstić information content (AvgIpc) is 2.73. The first kappa shape index (κ1) is 20.5. The molecule has 29 heavy (non-hydrogen) atoms. The van der Waals surface area contributed by atoms with E-state index in [4.69, 9.17) is 11.6 Å². The zero-order chi connectivity index (χ0) is 20.1. The standard InChI is InChI=1S/C22H30ClN5O/c23-22-25-20-9-14-28(15-17-5-2-1-3-6-17)16-19(20)21(26-22)24-10-4-11-27-12-7-18(29)8-13-27/h1-3,5-6,18,29H,4,7-16H2,(H,24,25,26). The summed E-state index contributed by atoms with van der Waals surface area (Å²) in [5, 5.41) is 13.5. The van der Waals surface area contributed by atoms with Crippen LogP contribution in [0.5, 0.6) is 0 Å². The van der Waals surface area contributed by atoms with E-state index < -0.39 is 0 Å². The number of anilines is 1. The van der Waals surface area contributed by atoms with Crippen LogP contribution in [0.2, 0.25) is 5.28 Å². The van der Waals surface area contributed by atoms with Crippen molar-refractivity contribution < 1.29 is 5.11 Å². The van der Waals surface area contributed by atoms with Gasteiger partial charge in [-0.2, -0.15) is 0 Å². The molecule has 2 aromatic rings. The highest BCUT2D eigenvalue weighted by atomic mass is 35.5. The second-order valence-corrected chi connectivity index (χ2v) is 8.40. The Labute approximate surface area is 177 Å². The minimum absolute atomic E-state index is 0.113. The molecule has 3 heterocycles. The van der Waals surface area contributed by atoms with E-state index in [-0.39, 0.29) is 6.10 Å². The van der Waals surface area contributed by atoms with Gasteiger partial charge in [0, 0.05) is 51.3 Å². The fourth-order valence-electron chi connectivity index (χ4n) is 4.22. The zero-order valence-corrected chi connectivity index (χ0v) is 17.6. The Balaban J connectivity index is 1.34. The molecule has 2 aliphatic heterocycles. The molecular formula is C22H30ClN5O. The number of fused-ring (bicyclic) bond motifs is 1. The number of benzene rings is 1. The Kier molecular flexibility index (Phi) is 6.98. The van der Waals surface area contributed by atoms with Crippen molar-refractivity contribution in [1.82, 2.24) is 19.8 Å². The van der Waals surface area contributed by atoms with Crippen LogP contribution in [0, 0.1) is 0 Å². The van der Waals surface area contributed by atoms with Crippen LogP contribution in [0.25, 0.3) is 0 Å². The summed E-state index contributed by atoms with van der Waals surface area (Å²) in [6.07, 6.45) is 3.60. The molecule has 0 unspecified atom stereocenters. The normalized spacial score (nSPS) is 18.6. The number of piperidine rings is 1. The van der Waals surface area contributed by atoms with E-state index in [1.807, 2.05) is 0 Å². The van der Waals surface area contributed by atoms with Gasteiger partial charge < -0.3 is 15.3 Å². The van der Waals surface area contributed by atoms with Crippen LogP contribution in [0.3, 0.4) is 0 Å². The lowest BCUT2D eigenvalue weighted by Crippen LogP contribution is -2.37. The SMILES string of the molecule is OC1CCN(CCCNc2nc(Cl)nc3c2CN(Cc2ccccc2)CC3)CC1. The van der Waals surface area contributed by atoms with Crippen molar-refractivity contribution in [2.24, 2.45) is 0 Å². The molecule has 0 bridgehead atoms. The summed E-state index contributed by atoms with van der Waals surface area (Å²) in [5.74, 6) is 0.881. The van der Waals surface area contributed by atoms with Gasteiger partial charge in [-0.05, 0) is 43.0 Å². The van der Waals surface area contributed by atoms with Crippen LogP contribution < -0.4 is 5.32 Å². The van der Waals surface area contributed by atoms with Crippen LogP contribution in [0.1, 0.15) is 36.1 Å². The van der Waals surface area contributed by atoms with Gasteiger partial charge in [0.25, 0.3) is 0 Å². The number of hydrogen-bond acceptors (Lipinski definition) is 6. The van der Waals surface area contributed by atoms with Gasteiger partial charge in [-0.3, -0.25) is 4.90 Å². The number of aromatic nitrogens is 2. The minimum Gasteiger partial charge on any atom is -0.393 e. The van der Waals surface area contributed by atoms with E-state index in [0.29, 0.717) is 5.28 Å². The molecule has 7 heteroatoms. The lowest BCUT2D eigenvalue weighted by molar-refractivity contribution is 0.0825. The largest absolute Gasteiger partial charge is 0.393 e. The Morgan fingerprint density at radius 1 is 1.07 bits per heavy atom. The summed E-state index contributed by atoms with van der Waals surface area (Å²) >= 11 is 6.19. The van der Waals surface area contributed by atoms with E-state index >= 15 is 0 Å². The summed E-state index contributed by atoms with van der Waals surface area (Å²) in [6.45, 7) is 6.64. The van der Waals surface area contributed by atoms with Crippen molar-refractivity contribution in [1.29, 1.82) is 0 Å². The topological polar surface area (TPSA) is 64.5 Å². The van der Waals surface area contributed by atoms with E-state index in [0.717, 1.165) is 83.0 Å². The molecule has 0 saturated carbocycles. The van der Waals surface area contributed by atoms with Gasteiger partial charge in [0.15, 0.2) is 0 Å². The molecule has 4 rings (SSSR count). The molecule has 2 aliphatic rings. The number of aliphatic hydroxyl groups is 1. The smallest absolute Gasteiger partial charge is 0.224 e. The molecule has 1 fully saturated rings.